The Morgan fingerprint density at radius 2 is 2.00 bits per heavy atom. The molecule has 0 amide bonds. The lowest BCUT2D eigenvalue weighted by molar-refractivity contribution is 0.966. The van der Waals surface area contributed by atoms with E-state index in [1.54, 1.807) is 0 Å². The van der Waals surface area contributed by atoms with E-state index >= 15 is 0 Å². The van der Waals surface area contributed by atoms with E-state index in [0.717, 1.165) is 4.88 Å². The van der Waals surface area contributed by atoms with Crippen molar-refractivity contribution < 1.29 is 0 Å². The highest BCUT2D eigenvalue weighted by Gasteiger charge is 2.08. The van der Waals surface area contributed by atoms with Gasteiger partial charge in [-0.25, -0.2) is 9.97 Å². The number of aromatic nitrogens is 4. The molecule has 0 aliphatic rings. The van der Waals surface area contributed by atoms with E-state index in [0.29, 0.717) is 5.82 Å². The molecule has 0 unspecified atom stereocenters. The van der Waals surface area contributed by atoms with Crippen molar-refractivity contribution in [2.45, 2.75) is 0 Å². The molecule has 0 aliphatic carbocycles. The lowest BCUT2D eigenvalue weighted by Gasteiger charge is -1.97. The minimum absolute atomic E-state index is 0.104. The Balaban J connectivity index is 2.37. The van der Waals surface area contributed by atoms with Crippen LogP contribution < -0.4 is 11.1 Å². The number of thiophene rings is 1. The maximum absolute atomic E-state index is 11.5. The van der Waals surface area contributed by atoms with Gasteiger partial charge in [0, 0.05) is 6.20 Å². The summed E-state index contributed by atoms with van der Waals surface area (Å²) in [6, 6.07) is 3.72. The number of fused-ring (bicyclic) bond motifs is 1. The Kier molecular flexibility index (Phi) is 2.12. The number of hydrogen-bond acceptors (Lipinski definition) is 5. The molecule has 3 aromatic rings. The summed E-state index contributed by atoms with van der Waals surface area (Å²) < 4.78 is 0. The van der Waals surface area contributed by atoms with Crippen LogP contribution in [0.1, 0.15) is 0 Å². The maximum atomic E-state index is 11.5. The number of nitrogens with one attached hydrogen (secondary N) is 2. The first-order valence-electron chi connectivity index (χ1n) is 4.77. The molecule has 0 atom stereocenters. The molecule has 3 heterocycles. The van der Waals surface area contributed by atoms with Crippen molar-refractivity contribution in [3.05, 3.63) is 44.4 Å². The average molecular weight is 246 g/mol. The molecule has 0 saturated heterocycles. The van der Waals surface area contributed by atoms with E-state index in [4.69, 9.17) is 0 Å². The van der Waals surface area contributed by atoms with Gasteiger partial charge < -0.3 is 0 Å². The van der Waals surface area contributed by atoms with E-state index in [1.165, 1.54) is 17.5 Å². The molecule has 2 N–H and O–H groups in total. The van der Waals surface area contributed by atoms with Crippen LogP contribution in [-0.2, 0) is 0 Å². The monoisotopic (exact) mass is 246 g/mol. The highest BCUT2D eigenvalue weighted by molar-refractivity contribution is 7.13. The molecule has 0 aliphatic heterocycles. The fraction of sp³-hybridized carbons (Fsp3) is 0. The third-order valence-corrected chi connectivity index (χ3v) is 3.15. The van der Waals surface area contributed by atoms with E-state index in [9.17, 15) is 9.59 Å². The van der Waals surface area contributed by atoms with E-state index in [-0.39, 0.29) is 10.9 Å². The van der Waals surface area contributed by atoms with Crippen LogP contribution in [0.5, 0.6) is 0 Å². The lowest BCUT2D eigenvalue weighted by Crippen LogP contribution is -2.20. The largest absolute Gasteiger partial charge is 0.289 e. The molecule has 17 heavy (non-hydrogen) atoms. The zero-order valence-electron chi connectivity index (χ0n) is 8.43. The first-order chi connectivity index (χ1) is 8.25. The van der Waals surface area contributed by atoms with Gasteiger partial charge in [0.25, 0.3) is 11.1 Å². The van der Waals surface area contributed by atoms with Crippen molar-refractivity contribution in [3.8, 4) is 10.7 Å². The van der Waals surface area contributed by atoms with Gasteiger partial charge >= 0.3 is 0 Å². The van der Waals surface area contributed by atoms with Crippen LogP contribution in [0.3, 0.4) is 0 Å². The van der Waals surface area contributed by atoms with Crippen molar-refractivity contribution in [2.75, 3.05) is 0 Å². The Morgan fingerprint density at radius 1 is 1.18 bits per heavy atom. The molecular weight excluding hydrogens is 240 g/mol. The minimum atomic E-state index is -0.431. The number of rotatable bonds is 1. The van der Waals surface area contributed by atoms with Gasteiger partial charge in [-0.1, -0.05) is 6.07 Å². The second kappa shape index (κ2) is 3.63. The Hall–Kier alpha value is -2.28. The lowest BCUT2D eigenvalue weighted by atomic mass is 10.3. The summed E-state index contributed by atoms with van der Waals surface area (Å²) in [6.45, 7) is 0. The van der Waals surface area contributed by atoms with Crippen LogP contribution in [0.25, 0.3) is 21.6 Å². The molecule has 0 fully saturated rings. The predicted molar refractivity (Wildman–Crippen MR) is 64.1 cm³/mol. The topological polar surface area (TPSA) is 91.5 Å². The number of aromatic amines is 2. The molecule has 3 aromatic heterocycles. The second-order valence-electron chi connectivity index (χ2n) is 3.34. The third kappa shape index (κ3) is 1.56. The highest BCUT2D eigenvalue weighted by atomic mass is 32.1. The van der Waals surface area contributed by atoms with Crippen LogP contribution in [0.15, 0.2) is 33.3 Å². The van der Waals surface area contributed by atoms with Gasteiger partial charge in [0.1, 0.15) is 5.52 Å². The average Bonchev–Trinajstić information content (AvgIpc) is 2.87. The summed E-state index contributed by atoms with van der Waals surface area (Å²) in [4.78, 5) is 32.0. The van der Waals surface area contributed by atoms with Crippen molar-refractivity contribution in [1.82, 2.24) is 20.2 Å². The Bertz CT molecular complexity index is 788. The smallest absolute Gasteiger partial charge is 0.267 e. The van der Waals surface area contributed by atoms with Gasteiger partial charge in [-0.3, -0.25) is 19.8 Å². The van der Waals surface area contributed by atoms with Crippen molar-refractivity contribution in [2.24, 2.45) is 0 Å². The fourth-order valence-electron chi connectivity index (χ4n) is 1.49. The van der Waals surface area contributed by atoms with Crippen molar-refractivity contribution in [3.63, 3.8) is 0 Å². The molecule has 84 valence electrons. The Labute approximate surface area is 98.0 Å². The van der Waals surface area contributed by atoms with Gasteiger partial charge in [-0.2, -0.15) is 0 Å². The third-order valence-electron chi connectivity index (χ3n) is 2.28. The molecule has 0 radical (unpaired) electrons. The van der Waals surface area contributed by atoms with Crippen LogP contribution in [-0.4, -0.2) is 20.2 Å². The minimum Gasteiger partial charge on any atom is -0.267 e. The first-order valence-corrected chi connectivity index (χ1v) is 5.65. The first kappa shape index (κ1) is 9.91. The van der Waals surface area contributed by atoms with Gasteiger partial charge in [-0.15, -0.1) is 11.3 Å². The van der Waals surface area contributed by atoms with Gasteiger partial charge in [0.15, 0.2) is 5.82 Å². The summed E-state index contributed by atoms with van der Waals surface area (Å²) in [7, 11) is 0. The summed E-state index contributed by atoms with van der Waals surface area (Å²) >= 11 is 1.47. The Morgan fingerprint density at radius 3 is 2.76 bits per heavy atom. The molecule has 0 spiro atoms. The van der Waals surface area contributed by atoms with Crippen LogP contribution in [0.4, 0.5) is 0 Å². The summed E-state index contributed by atoms with van der Waals surface area (Å²) in [5, 5.41) is 6.54. The summed E-state index contributed by atoms with van der Waals surface area (Å²) in [5.41, 5.74) is -0.732. The van der Waals surface area contributed by atoms with E-state index in [1.807, 2.05) is 17.5 Å². The summed E-state index contributed by atoms with van der Waals surface area (Å²) in [5.74, 6) is 0.448. The SMILES string of the molecule is O=c1[nH][nH]c(=O)c2nc(-c3cccs3)ncc12. The molecular formula is C10H6N4O2S. The highest BCUT2D eigenvalue weighted by Crippen LogP contribution is 2.20. The maximum Gasteiger partial charge on any atom is 0.289 e. The van der Waals surface area contributed by atoms with Crippen LogP contribution in [0, 0.1) is 0 Å². The number of hydrogen-bond donors (Lipinski definition) is 2. The van der Waals surface area contributed by atoms with E-state index in [2.05, 4.69) is 20.2 Å². The molecule has 6 nitrogen and oxygen atoms in total. The van der Waals surface area contributed by atoms with Gasteiger partial charge in [0.2, 0.25) is 0 Å². The molecule has 0 saturated carbocycles. The van der Waals surface area contributed by atoms with Crippen LogP contribution >= 0.6 is 11.3 Å². The van der Waals surface area contributed by atoms with Crippen molar-refractivity contribution >= 4 is 22.2 Å². The van der Waals surface area contributed by atoms with Crippen LogP contribution in [0.2, 0.25) is 0 Å². The quantitative estimate of drug-likeness (QED) is 0.662. The molecule has 7 heteroatoms. The van der Waals surface area contributed by atoms with Gasteiger partial charge in [-0.05, 0) is 11.4 Å². The second-order valence-corrected chi connectivity index (χ2v) is 4.29. The van der Waals surface area contributed by atoms with E-state index < -0.39 is 11.1 Å². The van der Waals surface area contributed by atoms with Crippen molar-refractivity contribution in [1.29, 1.82) is 0 Å². The zero-order valence-corrected chi connectivity index (χ0v) is 9.25. The number of H-pyrrole nitrogens is 2. The summed E-state index contributed by atoms with van der Waals surface area (Å²) in [6.07, 6.45) is 1.37. The molecule has 0 bridgehead atoms. The van der Waals surface area contributed by atoms with Gasteiger partial charge in [0.05, 0.1) is 10.3 Å². The normalized spacial score (nSPS) is 10.8. The number of nitrogens with zero attached hydrogens (tertiary/aromatic N) is 2. The fourth-order valence-corrected chi connectivity index (χ4v) is 2.15. The molecule has 0 aromatic carbocycles. The standard InChI is InChI=1S/C10H6N4O2S/c15-9-5-4-11-8(6-2-1-3-17-6)12-7(5)10(16)14-13-9/h1-4H,(H,13,15)(H,14,16). The zero-order chi connectivity index (χ0) is 11.8. The molecule has 3 rings (SSSR count). The predicted octanol–water partition coefficient (Wildman–Crippen LogP) is 0.735.